The molecule has 0 saturated carbocycles. The van der Waals surface area contributed by atoms with Gasteiger partial charge in [-0.25, -0.2) is 13.6 Å². The van der Waals surface area contributed by atoms with Crippen LogP contribution in [0.4, 0.5) is 19.3 Å². The summed E-state index contributed by atoms with van der Waals surface area (Å²) >= 11 is 0. The molecule has 2 aliphatic heterocycles. The van der Waals surface area contributed by atoms with E-state index < -0.39 is 29.8 Å². The van der Waals surface area contributed by atoms with E-state index in [2.05, 4.69) is 10.00 Å². The van der Waals surface area contributed by atoms with Crippen LogP contribution in [0.25, 0.3) is 11.1 Å². The minimum absolute atomic E-state index is 0.0530. The summed E-state index contributed by atoms with van der Waals surface area (Å²) < 4.78 is 35.5. The minimum Gasteiger partial charge on any atom is -0.465 e. The fourth-order valence-electron chi connectivity index (χ4n) is 6.37. The minimum atomic E-state index is -2.68. The first kappa shape index (κ1) is 30.0. The van der Waals surface area contributed by atoms with E-state index in [4.69, 9.17) is 4.74 Å². The van der Waals surface area contributed by atoms with Crippen molar-refractivity contribution in [1.82, 2.24) is 14.7 Å². The summed E-state index contributed by atoms with van der Waals surface area (Å²) in [5.74, 6) is -1.82. The van der Waals surface area contributed by atoms with E-state index in [0.717, 1.165) is 40.8 Å². The topological polar surface area (TPSA) is 112 Å². The molecule has 1 unspecified atom stereocenters. The van der Waals surface area contributed by atoms with E-state index in [1.165, 1.54) is 4.90 Å². The molecule has 11 heteroatoms. The molecule has 2 aliphatic rings. The maximum absolute atomic E-state index is 14.4. The summed E-state index contributed by atoms with van der Waals surface area (Å²) in [4.78, 5) is 28.0. The maximum Gasteiger partial charge on any atom is 0.407 e. The van der Waals surface area contributed by atoms with Crippen molar-refractivity contribution in [2.45, 2.75) is 64.5 Å². The molecule has 2 aromatic carbocycles. The van der Waals surface area contributed by atoms with Crippen molar-refractivity contribution in [2.75, 3.05) is 24.6 Å². The number of hydrogen-bond acceptors (Lipinski definition) is 6. The molecular weight excluding hydrogens is 556 g/mol. The van der Waals surface area contributed by atoms with Gasteiger partial charge in [0.25, 0.3) is 6.43 Å². The first-order valence-electron chi connectivity index (χ1n) is 14.3. The van der Waals surface area contributed by atoms with Crippen LogP contribution in [-0.4, -0.2) is 51.5 Å². The molecule has 0 saturated heterocycles. The van der Waals surface area contributed by atoms with E-state index in [9.17, 15) is 28.7 Å². The fourth-order valence-corrected chi connectivity index (χ4v) is 6.37. The SMILES string of the molecule is CCOC(=O)C(C#N)c1cc2c(c(C(C)(C)CN3CCCc4cc(-c5cnn(C)c5)c(C(F)F)cc43)c1)CN(C(=O)O)C2. The fraction of sp³-hybridized carbons (Fsp3) is 0.438. The van der Waals surface area contributed by atoms with Crippen molar-refractivity contribution < 1.29 is 28.2 Å². The van der Waals surface area contributed by atoms with Crippen LogP contribution in [0.3, 0.4) is 0 Å². The van der Waals surface area contributed by atoms with Crippen LogP contribution in [0.1, 0.15) is 72.9 Å². The molecule has 0 fully saturated rings. The van der Waals surface area contributed by atoms with E-state index >= 15 is 0 Å². The van der Waals surface area contributed by atoms with Gasteiger partial charge >= 0.3 is 12.1 Å². The van der Waals surface area contributed by atoms with Crippen molar-refractivity contribution in [3.63, 3.8) is 0 Å². The zero-order chi connectivity index (χ0) is 31.1. The van der Waals surface area contributed by atoms with Gasteiger partial charge in [0.05, 0.1) is 18.9 Å². The van der Waals surface area contributed by atoms with Gasteiger partial charge < -0.3 is 14.7 Å². The third-order valence-electron chi connectivity index (χ3n) is 8.36. The molecule has 0 radical (unpaired) electrons. The zero-order valence-corrected chi connectivity index (χ0v) is 24.7. The Balaban J connectivity index is 1.56. The van der Waals surface area contributed by atoms with Crippen molar-refractivity contribution in [3.8, 4) is 17.2 Å². The standard InChI is InChI=1S/C32H35F2N5O4/c1-5-43-30(40)25(13-35)20-9-21-16-39(31(41)42)17-26(21)27(11-20)32(2,3)18-38-8-6-7-19-10-23(22-14-36-37(4)15-22)24(29(33)34)12-28(19)38/h9-12,14-15,25,29H,5-8,16-18H2,1-4H3,(H,41,42). The average molecular weight is 592 g/mol. The van der Waals surface area contributed by atoms with E-state index in [0.29, 0.717) is 29.8 Å². The molecule has 5 rings (SSSR count). The normalized spacial score (nSPS) is 15.2. The summed E-state index contributed by atoms with van der Waals surface area (Å²) in [5, 5.41) is 23.8. The quantitative estimate of drug-likeness (QED) is 0.324. The number of nitrogens with zero attached hydrogens (tertiary/aromatic N) is 5. The van der Waals surface area contributed by atoms with E-state index in [1.807, 2.05) is 32.0 Å². The van der Waals surface area contributed by atoms with Crippen LogP contribution in [-0.2, 0) is 41.5 Å². The number of nitriles is 1. The number of alkyl halides is 2. The highest BCUT2D eigenvalue weighted by molar-refractivity contribution is 5.82. The number of amides is 1. The summed E-state index contributed by atoms with van der Waals surface area (Å²) in [5.41, 5.74) is 5.05. The molecule has 0 bridgehead atoms. The number of esters is 1. The van der Waals surface area contributed by atoms with Crippen LogP contribution >= 0.6 is 0 Å². The summed E-state index contributed by atoms with van der Waals surface area (Å²) in [6.07, 6.45) is 1.19. The molecule has 3 aromatic rings. The van der Waals surface area contributed by atoms with Gasteiger partial charge in [0, 0.05) is 61.7 Å². The zero-order valence-electron chi connectivity index (χ0n) is 24.7. The summed E-state index contributed by atoms with van der Waals surface area (Å²) in [7, 11) is 1.75. The molecule has 1 aromatic heterocycles. The summed E-state index contributed by atoms with van der Waals surface area (Å²) in [6, 6.07) is 9.04. The van der Waals surface area contributed by atoms with E-state index in [-0.39, 0.29) is 25.3 Å². The highest BCUT2D eigenvalue weighted by atomic mass is 19.3. The molecule has 0 spiro atoms. The van der Waals surface area contributed by atoms with Crippen molar-refractivity contribution in [1.29, 1.82) is 5.26 Å². The van der Waals surface area contributed by atoms with Gasteiger partial charge in [0.2, 0.25) is 0 Å². The van der Waals surface area contributed by atoms with Crippen LogP contribution in [0, 0.1) is 11.3 Å². The molecule has 0 aliphatic carbocycles. The molecule has 43 heavy (non-hydrogen) atoms. The number of carbonyl (C=O) groups is 2. The van der Waals surface area contributed by atoms with Gasteiger partial charge in [-0.15, -0.1) is 0 Å². The molecule has 1 amide bonds. The van der Waals surface area contributed by atoms with Crippen LogP contribution in [0.5, 0.6) is 0 Å². The van der Waals surface area contributed by atoms with Gasteiger partial charge in [-0.1, -0.05) is 26.0 Å². The Kier molecular flexibility index (Phi) is 8.14. The number of halogens is 2. The number of ether oxygens (including phenoxy) is 1. The van der Waals surface area contributed by atoms with Gasteiger partial charge in [0.15, 0.2) is 5.92 Å². The molecule has 1 atom stereocenters. The third kappa shape index (κ3) is 5.78. The largest absolute Gasteiger partial charge is 0.465 e. The van der Waals surface area contributed by atoms with Crippen LogP contribution in [0.2, 0.25) is 0 Å². The second-order valence-corrected chi connectivity index (χ2v) is 11.8. The van der Waals surface area contributed by atoms with Crippen LogP contribution in [0.15, 0.2) is 36.7 Å². The van der Waals surface area contributed by atoms with Crippen molar-refractivity contribution in [2.24, 2.45) is 7.05 Å². The average Bonchev–Trinajstić information content (AvgIpc) is 3.59. The van der Waals surface area contributed by atoms with Gasteiger partial charge in [0.1, 0.15) is 0 Å². The number of anilines is 1. The maximum atomic E-state index is 14.4. The predicted octanol–water partition coefficient (Wildman–Crippen LogP) is 5.92. The number of rotatable bonds is 8. The Morgan fingerprint density at radius 1 is 1.19 bits per heavy atom. The number of carbonyl (C=O) groups excluding carboxylic acids is 1. The van der Waals surface area contributed by atoms with Gasteiger partial charge in [-0.05, 0) is 65.3 Å². The molecule has 1 N–H and O–H groups in total. The number of benzene rings is 2. The number of aromatic nitrogens is 2. The van der Waals surface area contributed by atoms with E-state index in [1.54, 1.807) is 43.2 Å². The number of hydrogen-bond donors (Lipinski definition) is 1. The smallest absolute Gasteiger partial charge is 0.407 e. The number of fused-ring (bicyclic) bond motifs is 2. The molecule has 226 valence electrons. The lowest BCUT2D eigenvalue weighted by atomic mass is 9.77. The Labute approximate surface area is 249 Å². The number of aryl methyl sites for hydroxylation is 2. The second kappa shape index (κ2) is 11.7. The monoisotopic (exact) mass is 591 g/mol. The first-order chi connectivity index (χ1) is 20.4. The first-order valence-corrected chi connectivity index (χ1v) is 14.3. The lowest BCUT2D eigenvalue weighted by molar-refractivity contribution is -0.143. The lowest BCUT2D eigenvalue weighted by Crippen LogP contribution is -2.40. The highest BCUT2D eigenvalue weighted by Crippen LogP contribution is 2.42. The third-order valence-corrected chi connectivity index (χ3v) is 8.36. The molecule has 3 heterocycles. The van der Waals surface area contributed by atoms with Gasteiger partial charge in [-0.2, -0.15) is 10.4 Å². The number of carboxylic acid groups (broad SMARTS) is 1. The molecule has 9 nitrogen and oxygen atoms in total. The Morgan fingerprint density at radius 3 is 2.58 bits per heavy atom. The van der Waals surface area contributed by atoms with Crippen LogP contribution < -0.4 is 4.90 Å². The van der Waals surface area contributed by atoms with Gasteiger partial charge in [-0.3, -0.25) is 14.4 Å². The molecular formula is C32H35F2N5O4. The van der Waals surface area contributed by atoms with Crippen molar-refractivity contribution >= 4 is 17.7 Å². The second-order valence-electron chi connectivity index (χ2n) is 11.8. The summed E-state index contributed by atoms with van der Waals surface area (Å²) in [6.45, 7) is 7.29. The Bertz CT molecular complexity index is 1610. The lowest BCUT2D eigenvalue weighted by Gasteiger charge is -2.39. The Hall–Kier alpha value is -4.46. The van der Waals surface area contributed by atoms with Crippen molar-refractivity contribution in [3.05, 3.63) is 70.0 Å². The Morgan fingerprint density at radius 2 is 1.95 bits per heavy atom. The predicted molar refractivity (Wildman–Crippen MR) is 156 cm³/mol. The highest BCUT2D eigenvalue weighted by Gasteiger charge is 2.36.